The molecule has 0 bridgehead atoms. The lowest BCUT2D eigenvalue weighted by atomic mass is 9.93. The molecule has 2 aromatic heterocycles. The number of nitrogens with zero attached hydrogens (tertiary/aromatic N) is 5. The summed E-state index contributed by atoms with van der Waals surface area (Å²) in [6.45, 7) is 10.1. The number of fused-ring (bicyclic) bond motifs is 1. The van der Waals surface area contributed by atoms with Crippen molar-refractivity contribution in [1.29, 1.82) is 0 Å². The molecule has 0 aliphatic carbocycles. The highest BCUT2D eigenvalue weighted by molar-refractivity contribution is 6.30. The highest BCUT2D eigenvalue weighted by Crippen LogP contribution is 2.30. The van der Waals surface area contributed by atoms with Crippen LogP contribution in [0.15, 0.2) is 54.6 Å². The molecule has 2 aliphatic rings. The quantitative estimate of drug-likeness (QED) is 0.151. The number of halogens is 2. The molecule has 0 radical (unpaired) electrons. The average molecular weight is 662 g/mol. The Bertz CT molecular complexity index is 1670. The molecule has 4 heterocycles. The fourth-order valence-corrected chi connectivity index (χ4v) is 6.82. The standard InChI is InChI=1S/C37H45ClFN5O3/c1-3-19-46-26(2)23-44-34-12-9-27(21-37(45)43-15-4-5-16-43)20-33(34)40-35(44)24-42-17-13-28(14-18-42)32-7-6-8-36(41-32)47-25-29-10-11-30(38)22-31(29)39/h6-12,20,22,26,28H,3-5,13-19,21,23-25H2,1-2H3. The van der Waals surface area contributed by atoms with Crippen molar-refractivity contribution in [1.82, 2.24) is 24.3 Å². The van der Waals surface area contributed by atoms with Crippen LogP contribution < -0.4 is 4.74 Å². The molecule has 2 aromatic carbocycles. The maximum absolute atomic E-state index is 14.2. The summed E-state index contributed by atoms with van der Waals surface area (Å²) in [6.07, 6.45) is 5.60. The van der Waals surface area contributed by atoms with E-state index in [9.17, 15) is 9.18 Å². The van der Waals surface area contributed by atoms with E-state index in [4.69, 9.17) is 31.0 Å². The van der Waals surface area contributed by atoms with Gasteiger partial charge >= 0.3 is 0 Å². The lowest BCUT2D eigenvalue weighted by Crippen LogP contribution is -2.34. The molecule has 1 amide bonds. The van der Waals surface area contributed by atoms with Crippen molar-refractivity contribution in [2.45, 2.75) is 84.1 Å². The third-order valence-corrected chi connectivity index (χ3v) is 9.49. The fraction of sp³-hybridized carbons (Fsp3) is 0.486. The molecule has 2 aliphatic heterocycles. The van der Waals surface area contributed by atoms with Crippen LogP contribution in [0.4, 0.5) is 4.39 Å². The Labute approximate surface area is 281 Å². The van der Waals surface area contributed by atoms with Crippen LogP contribution in [-0.2, 0) is 35.6 Å². The zero-order valence-electron chi connectivity index (χ0n) is 27.5. The second kappa shape index (κ2) is 15.6. The van der Waals surface area contributed by atoms with Crippen LogP contribution in [0, 0.1) is 5.82 Å². The zero-order chi connectivity index (χ0) is 32.8. The Morgan fingerprint density at radius 1 is 1.04 bits per heavy atom. The van der Waals surface area contributed by atoms with Crippen LogP contribution in [0.2, 0.25) is 5.02 Å². The number of benzene rings is 2. The van der Waals surface area contributed by atoms with Gasteiger partial charge in [-0.2, -0.15) is 0 Å². The molecule has 47 heavy (non-hydrogen) atoms. The van der Waals surface area contributed by atoms with Gasteiger partial charge in [0, 0.05) is 48.0 Å². The molecule has 250 valence electrons. The number of ether oxygens (including phenoxy) is 2. The van der Waals surface area contributed by atoms with Crippen LogP contribution in [-0.4, -0.2) is 69.1 Å². The van der Waals surface area contributed by atoms with Gasteiger partial charge in [-0.15, -0.1) is 0 Å². The molecule has 0 spiro atoms. The van der Waals surface area contributed by atoms with E-state index in [-0.39, 0.29) is 24.4 Å². The molecule has 0 N–H and O–H groups in total. The Kier molecular flexibility index (Phi) is 11.1. The van der Waals surface area contributed by atoms with E-state index in [0.717, 1.165) is 106 Å². The van der Waals surface area contributed by atoms with Crippen molar-refractivity contribution < 1.29 is 18.7 Å². The van der Waals surface area contributed by atoms with E-state index in [1.54, 1.807) is 12.1 Å². The van der Waals surface area contributed by atoms with E-state index in [1.165, 1.54) is 6.07 Å². The first-order valence-electron chi connectivity index (χ1n) is 17.0. The van der Waals surface area contributed by atoms with E-state index in [0.29, 0.717) is 28.8 Å². The molecule has 0 saturated carbocycles. The highest BCUT2D eigenvalue weighted by Gasteiger charge is 2.25. The number of likely N-dealkylation sites (tertiary alicyclic amines) is 2. The van der Waals surface area contributed by atoms with Crippen LogP contribution >= 0.6 is 11.6 Å². The minimum Gasteiger partial charge on any atom is -0.473 e. The van der Waals surface area contributed by atoms with Crippen molar-refractivity contribution in [3.63, 3.8) is 0 Å². The van der Waals surface area contributed by atoms with Gasteiger partial charge in [-0.25, -0.2) is 14.4 Å². The maximum Gasteiger partial charge on any atom is 0.226 e. The number of aromatic nitrogens is 3. The Hall–Kier alpha value is -3.53. The van der Waals surface area contributed by atoms with E-state index in [1.807, 2.05) is 17.0 Å². The Morgan fingerprint density at radius 2 is 1.85 bits per heavy atom. The minimum atomic E-state index is -0.384. The van der Waals surface area contributed by atoms with Crippen molar-refractivity contribution in [3.8, 4) is 5.88 Å². The third kappa shape index (κ3) is 8.50. The topological polar surface area (TPSA) is 72.7 Å². The number of carbonyl (C=O) groups is 1. The van der Waals surface area contributed by atoms with Gasteiger partial charge in [0.2, 0.25) is 11.8 Å². The molecule has 1 unspecified atom stereocenters. The molecule has 2 fully saturated rings. The normalized spacial score (nSPS) is 16.6. The number of pyridine rings is 1. The molecule has 10 heteroatoms. The van der Waals surface area contributed by atoms with Gasteiger partial charge in [0.05, 0.1) is 36.6 Å². The highest BCUT2D eigenvalue weighted by atomic mass is 35.5. The van der Waals surface area contributed by atoms with Gasteiger partial charge in [0.25, 0.3) is 0 Å². The second-order valence-corrected chi connectivity index (χ2v) is 13.3. The maximum atomic E-state index is 14.2. The van der Waals surface area contributed by atoms with Gasteiger partial charge < -0.3 is 18.9 Å². The first kappa shape index (κ1) is 33.4. The van der Waals surface area contributed by atoms with Gasteiger partial charge in [0.15, 0.2) is 0 Å². The summed E-state index contributed by atoms with van der Waals surface area (Å²) < 4.78 is 28.4. The van der Waals surface area contributed by atoms with E-state index >= 15 is 0 Å². The fourth-order valence-electron chi connectivity index (χ4n) is 6.66. The number of hydrogen-bond donors (Lipinski definition) is 0. The Morgan fingerprint density at radius 3 is 2.62 bits per heavy atom. The molecular weight excluding hydrogens is 617 g/mol. The molecule has 2 saturated heterocycles. The minimum absolute atomic E-state index is 0.0602. The van der Waals surface area contributed by atoms with Crippen molar-refractivity contribution in [2.75, 3.05) is 32.8 Å². The summed E-state index contributed by atoms with van der Waals surface area (Å²) in [5.74, 6) is 1.66. The lowest BCUT2D eigenvalue weighted by molar-refractivity contribution is -0.129. The largest absolute Gasteiger partial charge is 0.473 e. The van der Waals surface area contributed by atoms with Crippen molar-refractivity contribution in [2.24, 2.45) is 0 Å². The monoisotopic (exact) mass is 661 g/mol. The van der Waals surface area contributed by atoms with Gasteiger partial charge in [-0.3, -0.25) is 9.69 Å². The summed E-state index contributed by atoms with van der Waals surface area (Å²) in [5.41, 5.74) is 4.48. The molecule has 4 aromatic rings. The summed E-state index contributed by atoms with van der Waals surface area (Å²) >= 11 is 5.88. The molecule has 8 nitrogen and oxygen atoms in total. The zero-order valence-corrected chi connectivity index (χ0v) is 28.2. The second-order valence-electron chi connectivity index (χ2n) is 12.9. The summed E-state index contributed by atoms with van der Waals surface area (Å²) in [4.78, 5) is 27.2. The van der Waals surface area contributed by atoms with E-state index in [2.05, 4.69) is 47.6 Å². The summed E-state index contributed by atoms with van der Waals surface area (Å²) in [6, 6.07) is 16.7. The smallest absolute Gasteiger partial charge is 0.226 e. The number of rotatable bonds is 13. The number of amides is 1. The predicted molar refractivity (Wildman–Crippen MR) is 182 cm³/mol. The van der Waals surface area contributed by atoms with Gasteiger partial charge in [-0.05, 0) is 88.0 Å². The number of imidazole rings is 1. The number of hydrogen-bond acceptors (Lipinski definition) is 6. The SMILES string of the molecule is CCCOC(C)Cn1c(CN2CCC(c3cccc(OCc4ccc(Cl)cc4F)n3)CC2)nc2cc(CC(=O)N3CCCC3)ccc21. The Balaban J connectivity index is 1.11. The van der Waals surface area contributed by atoms with Crippen molar-refractivity contribution in [3.05, 3.63) is 88.1 Å². The van der Waals surface area contributed by atoms with Crippen LogP contribution in [0.3, 0.4) is 0 Å². The molecular formula is C37H45ClFN5O3. The third-order valence-electron chi connectivity index (χ3n) is 9.26. The van der Waals surface area contributed by atoms with Gasteiger partial charge in [0.1, 0.15) is 18.2 Å². The average Bonchev–Trinajstić information content (AvgIpc) is 3.73. The van der Waals surface area contributed by atoms with Gasteiger partial charge in [-0.1, -0.05) is 36.7 Å². The van der Waals surface area contributed by atoms with Crippen LogP contribution in [0.5, 0.6) is 5.88 Å². The number of carbonyl (C=O) groups excluding carboxylic acids is 1. The van der Waals surface area contributed by atoms with Crippen LogP contribution in [0.1, 0.15) is 74.5 Å². The predicted octanol–water partition coefficient (Wildman–Crippen LogP) is 7.16. The lowest BCUT2D eigenvalue weighted by Gasteiger charge is -2.31. The molecule has 1 atom stereocenters. The first-order chi connectivity index (χ1) is 22.9. The summed E-state index contributed by atoms with van der Waals surface area (Å²) in [7, 11) is 0. The van der Waals surface area contributed by atoms with Crippen LogP contribution in [0.25, 0.3) is 11.0 Å². The number of piperidine rings is 1. The molecule has 6 rings (SSSR count). The van der Waals surface area contributed by atoms with E-state index < -0.39 is 0 Å². The van der Waals surface area contributed by atoms with Crippen molar-refractivity contribution >= 4 is 28.5 Å². The first-order valence-corrected chi connectivity index (χ1v) is 17.4. The summed E-state index contributed by atoms with van der Waals surface area (Å²) in [5, 5.41) is 0.362.